The number of esters is 1. The van der Waals surface area contributed by atoms with Crippen molar-refractivity contribution < 1.29 is 26.5 Å². The normalized spacial score (nSPS) is 22.1. The SMILES string of the molecule is CCCCCCCOC(=O)C[P+](C1CCCCC1)(C1CCCCC1)C1CCCCC1.[Br-]. The number of halogens is 1. The molecule has 0 N–H and O–H groups in total. The molecular weight excluding hydrogens is 467 g/mol. The third-order valence-electron chi connectivity index (χ3n) is 8.68. The number of rotatable bonds is 11. The zero-order valence-electron chi connectivity index (χ0n) is 20.4. The van der Waals surface area contributed by atoms with Crippen molar-refractivity contribution in [1.82, 2.24) is 0 Å². The fraction of sp³-hybridized carbons (Fsp3) is 0.963. The summed E-state index contributed by atoms with van der Waals surface area (Å²) in [5, 5.41) is 0. The Morgan fingerprint density at radius 3 is 1.52 bits per heavy atom. The summed E-state index contributed by atoms with van der Waals surface area (Å²) in [5.74, 6) is 0.195. The maximum absolute atomic E-state index is 13.3. The zero-order chi connectivity index (χ0) is 21.1. The Hall–Kier alpha value is 0.380. The Kier molecular flexibility index (Phi) is 13.6. The molecular formula is C27H50BrO2P. The first-order valence-corrected chi connectivity index (χ1v) is 16.0. The van der Waals surface area contributed by atoms with Gasteiger partial charge in [-0.25, -0.2) is 4.79 Å². The molecule has 2 nitrogen and oxygen atoms in total. The number of carbonyl (C=O) groups excluding carboxylic acids is 1. The van der Waals surface area contributed by atoms with Gasteiger partial charge in [0, 0.05) is 7.26 Å². The smallest absolute Gasteiger partial charge is 0.343 e. The average molecular weight is 518 g/mol. The van der Waals surface area contributed by atoms with E-state index >= 15 is 0 Å². The predicted octanol–water partition coefficient (Wildman–Crippen LogP) is 5.52. The van der Waals surface area contributed by atoms with E-state index in [1.54, 1.807) is 0 Å². The highest BCUT2D eigenvalue weighted by Gasteiger charge is 2.58. The van der Waals surface area contributed by atoms with Gasteiger partial charge in [-0.3, -0.25) is 0 Å². The van der Waals surface area contributed by atoms with Crippen LogP contribution >= 0.6 is 7.26 Å². The zero-order valence-corrected chi connectivity index (χ0v) is 22.9. The topological polar surface area (TPSA) is 26.3 Å². The largest absolute Gasteiger partial charge is 1.00 e. The molecule has 0 aromatic rings. The molecule has 0 saturated heterocycles. The van der Waals surface area contributed by atoms with Crippen LogP contribution < -0.4 is 17.0 Å². The first-order valence-electron chi connectivity index (χ1n) is 13.8. The molecule has 0 heterocycles. The quantitative estimate of drug-likeness (QED) is 0.205. The van der Waals surface area contributed by atoms with E-state index in [1.807, 2.05) is 0 Å². The van der Waals surface area contributed by atoms with Crippen molar-refractivity contribution in [2.75, 3.05) is 12.8 Å². The van der Waals surface area contributed by atoms with Gasteiger partial charge in [-0.15, -0.1) is 0 Å². The summed E-state index contributed by atoms with van der Waals surface area (Å²) in [7, 11) is -1.32. The Labute approximate surface area is 204 Å². The first kappa shape index (κ1) is 27.6. The highest BCUT2D eigenvalue weighted by Crippen LogP contribution is 2.77. The van der Waals surface area contributed by atoms with Crippen LogP contribution in [0.1, 0.15) is 135 Å². The Bertz CT molecular complexity index is 434. The summed E-state index contributed by atoms with van der Waals surface area (Å²) in [6.45, 7) is 2.92. The molecule has 31 heavy (non-hydrogen) atoms. The fourth-order valence-corrected chi connectivity index (χ4v) is 14.2. The highest BCUT2D eigenvalue weighted by molar-refractivity contribution is 7.78. The number of carbonyl (C=O) groups is 1. The maximum atomic E-state index is 13.3. The fourth-order valence-electron chi connectivity index (χ4n) is 7.13. The van der Waals surface area contributed by atoms with Crippen LogP contribution in [0.5, 0.6) is 0 Å². The van der Waals surface area contributed by atoms with Crippen molar-refractivity contribution in [3.63, 3.8) is 0 Å². The van der Waals surface area contributed by atoms with Gasteiger partial charge in [-0.1, -0.05) is 51.9 Å². The molecule has 3 fully saturated rings. The molecule has 0 aromatic carbocycles. The molecule has 182 valence electrons. The van der Waals surface area contributed by atoms with Crippen molar-refractivity contribution in [2.45, 2.75) is 152 Å². The molecule has 0 atom stereocenters. The van der Waals surface area contributed by atoms with Crippen molar-refractivity contribution in [1.29, 1.82) is 0 Å². The standard InChI is InChI=1S/C27H50O2P.BrH/c1-2-3-4-5-15-22-29-27(28)23-30(24-16-9-6-10-17-24,25-18-11-7-12-19-25)26-20-13-8-14-21-26;/h24-26H,2-23H2,1H3;1H/q+1;/p-1. The minimum Gasteiger partial charge on any atom is -1.00 e. The molecule has 0 spiro atoms. The van der Waals surface area contributed by atoms with Gasteiger partial charge in [-0.05, 0) is 83.5 Å². The highest BCUT2D eigenvalue weighted by atomic mass is 79.9. The van der Waals surface area contributed by atoms with Gasteiger partial charge >= 0.3 is 5.97 Å². The summed E-state index contributed by atoms with van der Waals surface area (Å²) < 4.78 is 5.94. The number of hydrogen-bond acceptors (Lipinski definition) is 2. The molecule has 0 amide bonds. The van der Waals surface area contributed by atoms with E-state index in [0.717, 1.165) is 29.6 Å². The second-order valence-electron chi connectivity index (χ2n) is 10.7. The molecule has 0 aliphatic heterocycles. The van der Waals surface area contributed by atoms with Crippen molar-refractivity contribution in [3.8, 4) is 0 Å². The maximum Gasteiger partial charge on any atom is 0.343 e. The Balaban J connectivity index is 0.00000341. The lowest BCUT2D eigenvalue weighted by atomic mass is 9.99. The lowest BCUT2D eigenvalue weighted by Gasteiger charge is -2.48. The second kappa shape index (κ2) is 15.3. The number of unbranched alkanes of at least 4 members (excludes halogenated alkanes) is 4. The monoisotopic (exact) mass is 516 g/mol. The minimum absolute atomic E-state index is 0. The first-order chi connectivity index (χ1) is 14.8. The number of hydrogen-bond donors (Lipinski definition) is 0. The van der Waals surface area contributed by atoms with Crippen LogP contribution in [0.2, 0.25) is 0 Å². The molecule has 3 aliphatic carbocycles. The van der Waals surface area contributed by atoms with Crippen LogP contribution in [0, 0.1) is 0 Å². The van der Waals surface area contributed by atoms with Crippen molar-refractivity contribution >= 4 is 13.2 Å². The summed E-state index contributed by atoms with van der Waals surface area (Å²) in [4.78, 5) is 13.3. The summed E-state index contributed by atoms with van der Waals surface area (Å²) in [6.07, 6.45) is 28.3. The number of ether oxygens (including phenoxy) is 1. The lowest BCUT2D eigenvalue weighted by Crippen LogP contribution is -3.00. The van der Waals surface area contributed by atoms with Gasteiger partial charge in [0.1, 0.15) is 0 Å². The lowest BCUT2D eigenvalue weighted by molar-refractivity contribution is -0.140. The summed E-state index contributed by atoms with van der Waals surface area (Å²) in [6, 6.07) is 0. The molecule has 0 bridgehead atoms. The van der Waals surface area contributed by atoms with Gasteiger partial charge in [0.2, 0.25) is 0 Å². The van der Waals surface area contributed by atoms with Gasteiger partial charge < -0.3 is 21.7 Å². The van der Waals surface area contributed by atoms with E-state index in [1.165, 1.54) is 122 Å². The van der Waals surface area contributed by atoms with Gasteiger partial charge in [0.05, 0.1) is 23.6 Å². The molecule has 0 radical (unpaired) electrons. The third-order valence-corrected chi connectivity index (χ3v) is 15.1. The predicted molar refractivity (Wildman–Crippen MR) is 132 cm³/mol. The van der Waals surface area contributed by atoms with Gasteiger partial charge in [0.25, 0.3) is 0 Å². The van der Waals surface area contributed by atoms with E-state index in [4.69, 9.17) is 4.74 Å². The van der Waals surface area contributed by atoms with Crippen LogP contribution in [0.4, 0.5) is 0 Å². The van der Waals surface area contributed by atoms with Crippen LogP contribution in [-0.2, 0) is 9.53 Å². The average Bonchev–Trinajstić information content (AvgIpc) is 2.81. The molecule has 3 aliphatic rings. The third kappa shape index (κ3) is 7.98. The van der Waals surface area contributed by atoms with Gasteiger partial charge in [0.15, 0.2) is 6.16 Å². The molecule has 0 unspecified atom stereocenters. The van der Waals surface area contributed by atoms with Crippen LogP contribution in [0.3, 0.4) is 0 Å². The van der Waals surface area contributed by atoms with E-state index < -0.39 is 7.26 Å². The summed E-state index contributed by atoms with van der Waals surface area (Å²) >= 11 is 0. The second-order valence-corrected chi connectivity index (χ2v) is 15.2. The van der Waals surface area contributed by atoms with Crippen LogP contribution in [0.25, 0.3) is 0 Å². The molecule has 4 heteroatoms. The van der Waals surface area contributed by atoms with Gasteiger partial charge in [-0.2, -0.15) is 0 Å². The van der Waals surface area contributed by atoms with Crippen molar-refractivity contribution in [2.24, 2.45) is 0 Å². The Morgan fingerprint density at radius 1 is 0.677 bits per heavy atom. The van der Waals surface area contributed by atoms with E-state index in [0.29, 0.717) is 6.61 Å². The van der Waals surface area contributed by atoms with E-state index in [2.05, 4.69) is 6.92 Å². The van der Waals surface area contributed by atoms with E-state index in [-0.39, 0.29) is 23.0 Å². The van der Waals surface area contributed by atoms with E-state index in [9.17, 15) is 4.79 Å². The minimum atomic E-state index is -1.32. The Morgan fingerprint density at radius 2 is 1.10 bits per heavy atom. The van der Waals surface area contributed by atoms with Crippen LogP contribution in [-0.4, -0.2) is 35.7 Å². The van der Waals surface area contributed by atoms with Crippen LogP contribution in [0.15, 0.2) is 0 Å². The summed E-state index contributed by atoms with van der Waals surface area (Å²) in [5.41, 5.74) is 2.65. The molecule has 0 aromatic heterocycles. The molecule has 3 rings (SSSR count). The molecule has 3 saturated carbocycles. The van der Waals surface area contributed by atoms with Crippen molar-refractivity contribution in [3.05, 3.63) is 0 Å².